The fourth-order valence-corrected chi connectivity index (χ4v) is 1.25. The molecule has 0 amide bonds. The molecule has 1 fully saturated rings. The topological polar surface area (TPSA) is 9.23 Å². The second-order valence-corrected chi connectivity index (χ2v) is 4.45. The summed E-state index contributed by atoms with van der Waals surface area (Å²) in [6, 6.07) is 0. The predicted molar refractivity (Wildman–Crippen MR) is 42.9 cm³/mol. The summed E-state index contributed by atoms with van der Waals surface area (Å²) in [5, 5.41) is 0. The van der Waals surface area contributed by atoms with Gasteiger partial charge in [-0.1, -0.05) is 27.7 Å². The van der Waals surface area contributed by atoms with Gasteiger partial charge in [0.15, 0.2) is 0 Å². The van der Waals surface area contributed by atoms with Crippen molar-refractivity contribution in [1.82, 2.24) is 0 Å². The maximum atomic E-state index is 5.15. The molecule has 0 aromatic heterocycles. The maximum Gasteiger partial charge on any atom is 0.0519 e. The first-order chi connectivity index (χ1) is 4.52. The molecule has 0 aliphatic carbocycles. The molecule has 0 unspecified atom stereocenters. The van der Waals surface area contributed by atoms with Gasteiger partial charge in [0.2, 0.25) is 0 Å². The number of hydrogen-bond donors (Lipinski definition) is 0. The molecule has 1 saturated heterocycles. The van der Waals surface area contributed by atoms with Crippen molar-refractivity contribution in [1.29, 1.82) is 0 Å². The fraction of sp³-hybridized carbons (Fsp3) is 1.00. The van der Waals surface area contributed by atoms with Gasteiger partial charge in [-0.2, -0.15) is 0 Å². The van der Waals surface area contributed by atoms with E-state index in [1.54, 1.807) is 0 Å². The molecule has 0 N–H and O–H groups in total. The standard InChI is InChI=1S/C9H18O/c1-7(9(2,3)4)8-5-10-6-8/h7-8H,5-6H2,1-4H3/t7-/m1/s1. The van der Waals surface area contributed by atoms with Crippen LogP contribution in [0.15, 0.2) is 0 Å². The lowest BCUT2D eigenvalue weighted by Crippen LogP contribution is -2.38. The van der Waals surface area contributed by atoms with Crippen molar-refractivity contribution in [3.8, 4) is 0 Å². The zero-order chi connectivity index (χ0) is 7.78. The first-order valence-electron chi connectivity index (χ1n) is 4.09. The Labute approximate surface area is 63.8 Å². The van der Waals surface area contributed by atoms with Crippen LogP contribution >= 0.6 is 0 Å². The highest BCUT2D eigenvalue weighted by Gasteiger charge is 2.32. The normalized spacial score (nSPS) is 24.0. The first-order valence-corrected chi connectivity index (χ1v) is 4.09. The molecule has 0 saturated carbocycles. The molecule has 1 heterocycles. The van der Waals surface area contributed by atoms with Gasteiger partial charge >= 0.3 is 0 Å². The molecule has 1 atom stereocenters. The fourth-order valence-electron chi connectivity index (χ4n) is 1.25. The number of hydrogen-bond acceptors (Lipinski definition) is 1. The Morgan fingerprint density at radius 3 is 1.90 bits per heavy atom. The van der Waals surface area contributed by atoms with Crippen molar-refractivity contribution in [2.24, 2.45) is 17.3 Å². The minimum atomic E-state index is 0.453. The lowest BCUT2D eigenvalue weighted by molar-refractivity contribution is -0.0790. The van der Waals surface area contributed by atoms with E-state index in [4.69, 9.17) is 4.74 Å². The van der Waals surface area contributed by atoms with Gasteiger partial charge in [0.05, 0.1) is 13.2 Å². The molecule has 0 bridgehead atoms. The third kappa shape index (κ3) is 1.51. The maximum absolute atomic E-state index is 5.15. The molecule has 1 rings (SSSR count). The average Bonchev–Trinajstić information content (AvgIpc) is 1.57. The van der Waals surface area contributed by atoms with Crippen molar-refractivity contribution >= 4 is 0 Å². The van der Waals surface area contributed by atoms with Crippen molar-refractivity contribution in [3.63, 3.8) is 0 Å². The zero-order valence-corrected chi connectivity index (χ0v) is 7.48. The molecule has 1 aliphatic rings. The van der Waals surface area contributed by atoms with Gasteiger partial charge in [-0.25, -0.2) is 0 Å². The van der Waals surface area contributed by atoms with Gasteiger partial charge in [0.1, 0.15) is 0 Å². The molecule has 1 heteroatoms. The van der Waals surface area contributed by atoms with Crippen molar-refractivity contribution in [3.05, 3.63) is 0 Å². The van der Waals surface area contributed by atoms with Crippen LogP contribution < -0.4 is 0 Å². The first kappa shape index (κ1) is 8.06. The minimum absolute atomic E-state index is 0.453. The Kier molecular flexibility index (Phi) is 2.04. The second kappa shape index (κ2) is 2.54. The van der Waals surface area contributed by atoms with Crippen LogP contribution in [0.2, 0.25) is 0 Å². The van der Waals surface area contributed by atoms with E-state index in [9.17, 15) is 0 Å². The van der Waals surface area contributed by atoms with Crippen molar-refractivity contribution < 1.29 is 4.74 Å². The molecule has 1 aliphatic heterocycles. The molecule has 60 valence electrons. The van der Waals surface area contributed by atoms with Gasteiger partial charge in [-0.3, -0.25) is 0 Å². The molecular formula is C9H18O. The summed E-state index contributed by atoms with van der Waals surface area (Å²) in [5.74, 6) is 1.61. The van der Waals surface area contributed by atoms with Gasteiger partial charge in [-0.15, -0.1) is 0 Å². The summed E-state index contributed by atoms with van der Waals surface area (Å²) >= 11 is 0. The van der Waals surface area contributed by atoms with Crippen LogP contribution in [0.1, 0.15) is 27.7 Å². The molecule has 0 aromatic carbocycles. The van der Waals surface area contributed by atoms with E-state index in [2.05, 4.69) is 27.7 Å². The van der Waals surface area contributed by atoms with Crippen LogP contribution in [0.3, 0.4) is 0 Å². The van der Waals surface area contributed by atoms with E-state index in [0.29, 0.717) is 5.41 Å². The highest BCUT2D eigenvalue weighted by atomic mass is 16.5. The molecule has 0 aromatic rings. The van der Waals surface area contributed by atoms with E-state index in [1.807, 2.05) is 0 Å². The van der Waals surface area contributed by atoms with Gasteiger partial charge < -0.3 is 4.74 Å². The lowest BCUT2D eigenvalue weighted by atomic mass is 9.74. The quantitative estimate of drug-likeness (QED) is 0.546. The summed E-state index contributed by atoms with van der Waals surface area (Å²) in [6.45, 7) is 11.2. The van der Waals surface area contributed by atoms with Gasteiger partial charge in [0.25, 0.3) is 0 Å². The molecular weight excluding hydrogens is 124 g/mol. The Balaban J connectivity index is 2.39. The highest BCUT2D eigenvalue weighted by Crippen LogP contribution is 2.34. The van der Waals surface area contributed by atoms with Crippen LogP contribution in [-0.2, 0) is 4.74 Å². The second-order valence-electron chi connectivity index (χ2n) is 4.45. The van der Waals surface area contributed by atoms with E-state index >= 15 is 0 Å². The highest BCUT2D eigenvalue weighted by molar-refractivity contribution is 4.80. The lowest BCUT2D eigenvalue weighted by Gasteiger charge is -2.39. The smallest absolute Gasteiger partial charge is 0.0519 e. The predicted octanol–water partition coefficient (Wildman–Crippen LogP) is 2.32. The van der Waals surface area contributed by atoms with Crippen molar-refractivity contribution in [2.45, 2.75) is 27.7 Å². The molecule has 10 heavy (non-hydrogen) atoms. The summed E-state index contributed by atoms with van der Waals surface area (Å²) in [4.78, 5) is 0. The Hall–Kier alpha value is -0.0400. The molecule has 1 nitrogen and oxygen atoms in total. The van der Waals surface area contributed by atoms with E-state index in [-0.39, 0.29) is 0 Å². The molecule has 0 radical (unpaired) electrons. The third-order valence-electron chi connectivity index (χ3n) is 2.74. The van der Waals surface area contributed by atoms with Crippen LogP contribution in [0.4, 0.5) is 0 Å². The van der Waals surface area contributed by atoms with Crippen molar-refractivity contribution in [2.75, 3.05) is 13.2 Å². The summed E-state index contributed by atoms with van der Waals surface area (Å²) < 4.78 is 5.15. The Bertz CT molecular complexity index is 108. The van der Waals surface area contributed by atoms with E-state index in [0.717, 1.165) is 25.0 Å². The third-order valence-corrected chi connectivity index (χ3v) is 2.74. The number of rotatable bonds is 1. The van der Waals surface area contributed by atoms with Gasteiger partial charge in [-0.05, 0) is 11.3 Å². The average molecular weight is 142 g/mol. The summed E-state index contributed by atoms with van der Waals surface area (Å²) in [6.07, 6.45) is 0. The van der Waals surface area contributed by atoms with Crippen LogP contribution in [0.25, 0.3) is 0 Å². The minimum Gasteiger partial charge on any atom is -0.381 e. The monoisotopic (exact) mass is 142 g/mol. The zero-order valence-electron chi connectivity index (χ0n) is 7.48. The number of ether oxygens (including phenoxy) is 1. The SMILES string of the molecule is C[C@H](C1COC1)C(C)(C)C. The van der Waals surface area contributed by atoms with Gasteiger partial charge in [0, 0.05) is 5.92 Å². The summed E-state index contributed by atoms with van der Waals surface area (Å²) in [5.41, 5.74) is 0.453. The largest absolute Gasteiger partial charge is 0.381 e. The van der Waals surface area contributed by atoms with Crippen LogP contribution in [0, 0.1) is 17.3 Å². The van der Waals surface area contributed by atoms with E-state index < -0.39 is 0 Å². The summed E-state index contributed by atoms with van der Waals surface area (Å²) in [7, 11) is 0. The Morgan fingerprint density at radius 1 is 1.30 bits per heavy atom. The Morgan fingerprint density at radius 2 is 1.80 bits per heavy atom. The van der Waals surface area contributed by atoms with Crippen LogP contribution in [0.5, 0.6) is 0 Å². The molecule has 0 spiro atoms. The van der Waals surface area contributed by atoms with Crippen LogP contribution in [-0.4, -0.2) is 13.2 Å². The van der Waals surface area contributed by atoms with E-state index in [1.165, 1.54) is 0 Å².